The van der Waals surface area contributed by atoms with Crippen molar-refractivity contribution in [2.24, 2.45) is 0 Å². The highest BCUT2D eigenvalue weighted by Crippen LogP contribution is 2.00. The van der Waals surface area contributed by atoms with Gasteiger partial charge in [0.1, 0.15) is 0 Å². The van der Waals surface area contributed by atoms with E-state index >= 15 is 0 Å². The van der Waals surface area contributed by atoms with Gasteiger partial charge in [0.15, 0.2) is 6.10 Å². The molecule has 0 heterocycles. The zero-order valence-electron chi connectivity index (χ0n) is 6.88. The second kappa shape index (κ2) is 5.27. The average Bonchev–Trinajstić information content (AvgIpc) is 2.12. The molecule has 0 rings (SSSR count). The molecule has 0 aliphatic heterocycles. The summed E-state index contributed by atoms with van der Waals surface area (Å²) in [5.74, 6) is -4.74. The fourth-order valence-corrected chi connectivity index (χ4v) is 0.687. The van der Waals surface area contributed by atoms with Gasteiger partial charge in [-0.3, -0.25) is 4.79 Å². The lowest BCUT2D eigenvalue weighted by Gasteiger charge is -2.15. The molecule has 0 fully saturated rings. The fraction of sp³-hybridized carbons (Fsp3) is 0.500. The molecule has 8 heteroatoms. The molecule has 0 aromatic heterocycles. The predicted octanol–water partition coefficient (Wildman–Crippen LogP) is -2.18. The molecule has 0 spiro atoms. The highest BCUT2D eigenvalue weighted by molar-refractivity contribution is 6.32. The lowest BCUT2D eigenvalue weighted by molar-refractivity contribution is -0.154. The van der Waals surface area contributed by atoms with E-state index in [9.17, 15) is 14.4 Å². The number of carbonyl (C=O) groups excluding carboxylic acids is 1. The molecule has 0 bridgehead atoms. The number of carboxylic acid groups (broad SMARTS) is 2. The van der Waals surface area contributed by atoms with Crippen molar-refractivity contribution in [3.63, 3.8) is 0 Å². The molecule has 0 saturated heterocycles. The number of carboxylic acids is 2. The van der Waals surface area contributed by atoms with Gasteiger partial charge in [0.25, 0.3) is 0 Å². The van der Waals surface area contributed by atoms with Gasteiger partial charge in [0.2, 0.25) is 5.78 Å². The summed E-state index contributed by atoms with van der Waals surface area (Å²) in [6.07, 6.45) is -2.87. The smallest absolute Gasteiger partial charge is 0.372 e. The maximum atomic E-state index is 10.6. The van der Waals surface area contributed by atoms with Crippen LogP contribution in [0, 0.1) is 0 Å². The summed E-state index contributed by atoms with van der Waals surface area (Å²) in [6.45, 7) is 0. The summed E-state index contributed by atoms with van der Waals surface area (Å²) in [6, 6.07) is -1.55. The Morgan fingerprint density at radius 2 is 1.71 bits per heavy atom. The fourth-order valence-electron chi connectivity index (χ4n) is 0.687. The molecular weight excluding hydrogens is 198 g/mol. The van der Waals surface area contributed by atoms with Crippen LogP contribution in [-0.4, -0.2) is 50.4 Å². The van der Waals surface area contributed by atoms with Gasteiger partial charge >= 0.3 is 11.9 Å². The maximum Gasteiger partial charge on any atom is 0.372 e. The maximum absolute atomic E-state index is 10.6. The van der Waals surface area contributed by atoms with Gasteiger partial charge < -0.3 is 20.5 Å². The molecule has 0 amide bonds. The standard InChI is InChI=1S/C6H9NO7/c8-3(5(10)11)1-2(7-14)4(9)6(12)13/h2,4,7,9,14H,1H2,(H,10,11)(H,12,13)/t2-,4+/m0/s1. The van der Waals surface area contributed by atoms with Crippen molar-refractivity contribution < 1.29 is 34.9 Å². The van der Waals surface area contributed by atoms with Crippen LogP contribution in [0.1, 0.15) is 6.42 Å². The molecule has 0 saturated carbocycles. The van der Waals surface area contributed by atoms with E-state index in [0.29, 0.717) is 0 Å². The summed E-state index contributed by atoms with van der Waals surface area (Å²) in [7, 11) is 0. The van der Waals surface area contributed by atoms with E-state index < -0.39 is 36.3 Å². The van der Waals surface area contributed by atoms with E-state index in [4.69, 9.17) is 20.5 Å². The Labute approximate surface area is 77.7 Å². The van der Waals surface area contributed by atoms with E-state index in [1.165, 1.54) is 5.48 Å². The minimum Gasteiger partial charge on any atom is -0.479 e. The topological polar surface area (TPSA) is 144 Å². The molecule has 80 valence electrons. The monoisotopic (exact) mass is 207 g/mol. The Morgan fingerprint density at radius 1 is 1.21 bits per heavy atom. The molecule has 2 atom stereocenters. The summed E-state index contributed by atoms with van der Waals surface area (Å²) in [5, 5.41) is 33.6. The molecule has 0 unspecified atom stereocenters. The third-order valence-corrected chi connectivity index (χ3v) is 1.44. The van der Waals surface area contributed by atoms with Crippen molar-refractivity contribution in [3.8, 4) is 0 Å². The normalized spacial score (nSPS) is 14.4. The molecule has 8 nitrogen and oxygen atoms in total. The largest absolute Gasteiger partial charge is 0.479 e. The first-order valence-corrected chi connectivity index (χ1v) is 3.46. The summed E-state index contributed by atoms with van der Waals surface area (Å²) in [4.78, 5) is 30.8. The first-order valence-electron chi connectivity index (χ1n) is 3.46. The average molecular weight is 207 g/mol. The number of hydroxylamine groups is 1. The number of nitrogens with one attached hydrogen (secondary N) is 1. The van der Waals surface area contributed by atoms with Gasteiger partial charge in [-0.25, -0.2) is 9.59 Å². The van der Waals surface area contributed by atoms with Gasteiger partial charge in [-0.15, -0.1) is 0 Å². The zero-order chi connectivity index (χ0) is 11.3. The summed E-state index contributed by atoms with van der Waals surface area (Å²) in [5.41, 5.74) is 1.35. The Morgan fingerprint density at radius 3 is 2.00 bits per heavy atom. The Balaban J connectivity index is 4.36. The van der Waals surface area contributed by atoms with Gasteiger partial charge in [-0.2, -0.15) is 5.48 Å². The van der Waals surface area contributed by atoms with Crippen molar-refractivity contribution in [3.05, 3.63) is 0 Å². The van der Waals surface area contributed by atoms with Crippen LogP contribution in [-0.2, 0) is 14.4 Å². The number of hydrogen-bond acceptors (Lipinski definition) is 6. The molecule has 0 aliphatic carbocycles. The number of aliphatic carboxylic acids is 2. The number of rotatable bonds is 6. The van der Waals surface area contributed by atoms with Crippen LogP contribution in [0.25, 0.3) is 0 Å². The van der Waals surface area contributed by atoms with Crippen molar-refractivity contribution >= 4 is 17.7 Å². The first kappa shape index (κ1) is 12.5. The quantitative estimate of drug-likeness (QED) is 0.244. The zero-order valence-corrected chi connectivity index (χ0v) is 6.88. The van der Waals surface area contributed by atoms with Gasteiger partial charge in [-0.05, 0) is 0 Å². The number of hydrogen-bond donors (Lipinski definition) is 5. The molecule has 14 heavy (non-hydrogen) atoms. The number of Topliss-reactive ketones (excluding diaryl/α,β-unsaturated/α-hetero) is 1. The van der Waals surface area contributed by atoms with Crippen LogP contribution in [0.4, 0.5) is 0 Å². The predicted molar refractivity (Wildman–Crippen MR) is 39.6 cm³/mol. The third-order valence-electron chi connectivity index (χ3n) is 1.44. The molecular formula is C6H9NO7. The summed E-state index contributed by atoms with van der Waals surface area (Å²) >= 11 is 0. The van der Waals surface area contributed by atoms with E-state index in [1.807, 2.05) is 0 Å². The van der Waals surface area contributed by atoms with Crippen LogP contribution in [0.2, 0.25) is 0 Å². The lowest BCUT2D eigenvalue weighted by atomic mass is 10.1. The highest BCUT2D eigenvalue weighted by Gasteiger charge is 2.29. The molecule has 0 aromatic carbocycles. The van der Waals surface area contributed by atoms with Crippen molar-refractivity contribution in [1.29, 1.82) is 0 Å². The minimum absolute atomic E-state index is 0.820. The van der Waals surface area contributed by atoms with Crippen LogP contribution in [0.5, 0.6) is 0 Å². The third kappa shape index (κ3) is 3.47. The molecule has 0 aliphatic rings. The minimum atomic E-state index is -2.05. The lowest BCUT2D eigenvalue weighted by Crippen LogP contribution is -2.45. The number of aliphatic hydroxyl groups excluding tert-OH is 1. The molecule has 0 radical (unpaired) electrons. The van der Waals surface area contributed by atoms with Gasteiger partial charge in [-0.1, -0.05) is 0 Å². The summed E-state index contributed by atoms with van der Waals surface area (Å²) < 4.78 is 0. The SMILES string of the molecule is O=C(O)C(=O)C[C@H](NO)[C@@H](O)C(=O)O. The van der Waals surface area contributed by atoms with Crippen LogP contribution < -0.4 is 5.48 Å². The number of aliphatic hydroxyl groups is 1. The number of carbonyl (C=O) groups is 3. The second-order valence-electron chi connectivity index (χ2n) is 2.45. The van der Waals surface area contributed by atoms with E-state index in [2.05, 4.69) is 0 Å². The Hall–Kier alpha value is -1.51. The Bertz CT molecular complexity index is 251. The van der Waals surface area contributed by atoms with Crippen LogP contribution in [0.15, 0.2) is 0 Å². The highest BCUT2D eigenvalue weighted by atomic mass is 16.5. The van der Waals surface area contributed by atoms with Gasteiger partial charge in [0.05, 0.1) is 6.04 Å². The van der Waals surface area contributed by atoms with Crippen molar-refractivity contribution in [1.82, 2.24) is 5.48 Å². The van der Waals surface area contributed by atoms with Gasteiger partial charge in [0, 0.05) is 6.42 Å². The van der Waals surface area contributed by atoms with E-state index in [1.54, 1.807) is 0 Å². The van der Waals surface area contributed by atoms with E-state index in [-0.39, 0.29) is 0 Å². The molecule has 0 aromatic rings. The van der Waals surface area contributed by atoms with Crippen molar-refractivity contribution in [2.75, 3.05) is 0 Å². The van der Waals surface area contributed by atoms with Crippen LogP contribution in [0.3, 0.4) is 0 Å². The number of ketones is 1. The van der Waals surface area contributed by atoms with E-state index in [0.717, 1.165) is 0 Å². The second-order valence-corrected chi connectivity index (χ2v) is 2.45. The molecule has 5 N–H and O–H groups in total. The Kier molecular flexibility index (Phi) is 4.70. The van der Waals surface area contributed by atoms with Crippen molar-refractivity contribution in [2.45, 2.75) is 18.6 Å². The first-order chi connectivity index (χ1) is 6.40. The van der Waals surface area contributed by atoms with Crippen LogP contribution >= 0.6 is 0 Å².